The third kappa shape index (κ3) is 1.42. The third-order valence-electron chi connectivity index (χ3n) is 1.47. The summed E-state index contributed by atoms with van der Waals surface area (Å²) in [5.74, 6) is 0.221. The molecular weight excluding hydrogens is 161 g/mol. The van der Waals surface area contributed by atoms with Gasteiger partial charge in [0.25, 0.3) is 0 Å². The molecule has 0 spiro atoms. The smallest absolute Gasteiger partial charge is 0.183 e. The molecule has 0 unspecified atom stereocenters. The van der Waals surface area contributed by atoms with E-state index in [1.54, 1.807) is 0 Å². The quantitative estimate of drug-likeness (QED) is 0.684. The van der Waals surface area contributed by atoms with Gasteiger partial charge >= 0.3 is 0 Å². The fourth-order valence-corrected chi connectivity index (χ4v) is 0.959. The largest absolute Gasteiger partial charge is 0.493 e. The molecule has 0 aromatic heterocycles. The summed E-state index contributed by atoms with van der Waals surface area (Å²) in [4.78, 5) is 0. The second kappa shape index (κ2) is 3.30. The van der Waals surface area contributed by atoms with Gasteiger partial charge in [-0.15, -0.1) is 0 Å². The molecule has 12 heavy (non-hydrogen) atoms. The number of ether oxygens (including phenoxy) is 2. The minimum Gasteiger partial charge on any atom is -0.493 e. The first-order chi connectivity index (χ1) is 5.69. The van der Waals surface area contributed by atoms with Gasteiger partial charge in [-0.1, -0.05) is 0 Å². The molecule has 0 amide bonds. The number of benzene rings is 1. The van der Waals surface area contributed by atoms with Crippen LogP contribution in [-0.4, -0.2) is 14.2 Å². The Morgan fingerprint density at radius 2 is 1.92 bits per heavy atom. The van der Waals surface area contributed by atoms with E-state index in [2.05, 4.69) is 0 Å². The van der Waals surface area contributed by atoms with Crippen molar-refractivity contribution in [2.45, 2.75) is 0 Å². The lowest BCUT2D eigenvalue weighted by Gasteiger charge is -2.09. The molecule has 1 aromatic carbocycles. The van der Waals surface area contributed by atoms with E-state index >= 15 is 0 Å². The topological polar surface area (TPSA) is 44.5 Å². The van der Waals surface area contributed by atoms with E-state index in [1.165, 1.54) is 26.4 Å². The van der Waals surface area contributed by atoms with Crippen molar-refractivity contribution in [1.29, 1.82) is 0 Å². The van der Waals surface area contributed by atoms with Crippen molar-refractivity contribution in [3.8, 4) is 11.5 Å². The van der Waals surface area contributed by atoms with E-state index in [1.807, 2.05) is 0 Å². The molecule has 0 heterocycles. The average molecular weight is 171 g/mol. The Balaban J connectivity index is 3.24. The van der Waals surface area contributed by atoms with Crippen LogP contribution in [0.5, 0.6) is 11.5 Å². The molecule has 0 atom stereocenters. The van der Waals surface area contributed by atoms with Gasteiger partial charge in [0.15, 0.2) is 11.5 Å². The molecular formula is C8H10FNO2. The number of nitrogens with two attached hydrogens (primary N) is 1. The number of hydrogen-bond acceptors (Lipinski definition) is 3. The van der Waals surface area contributed by atoms with Gasteiger partial charge in [-0.05, 0) is 0 Å². The minimum atomic E-state index is -0.440. The zero-order valence-electron chi connectivity index (χ0n) is 6.93. The second-order valence-electron chi connectivity index (χ2n) is 2.23. The Hall–Kier alpha value is -1.45. The molecule has 0 aliphatic carbocycles. The summed E-state index contributed by atoms with van der Waals surface area (Å²) in [6.45, 7) is 0. The normalized spacial score (nSPS) is 9.58. The highest BCUT2D eigenvalue weighted by Crippen LogP contribution is 2.33. The predicted octanol–water partition coefficient (Wildman–Crippen LogP) is 1.43. The summed E-state index contributed by atoms with van der Waals surface area (Å²) >= 11 is 0. The average Bonchev–Trinajstić information content (AvgIpc) is 2.03. The van der Waals surface area contributed by atoms with Gasteiger partial charge in [-0.2, -0.15) is 0 Å². The number of nitrogen functional groups attached to an aromatic ring is 1. The standard InChI is InChI=1S/C8H10FNO2/c1-11-7-4-5(9)3-6(10)8(7)12-2/h3-4H,10H2,1-2H3. The van der Waals surface area contributed by atoms with Crippen molar-refractivity contribution in [1.82, 2.24) is 0 Å². The number of methoxy groups -OCH3 is 2. The molecule has 0 aliphatic rings. The summed E-state index contributed by atoms with van der Waals surface area (Å²) in [5.41, 5.74) is 5.69. The predicted molar refractivity (Wildman–Crippen MR) is 43.9 cm³/mol. The van der Waals surface area contributed by atoms with E-state index < -0.39 is 5.82 Å². The Morgan fingerprint density at radius 3 is 2.42 bits per heavy atom. The second-order valence-corrected chi connectivity index (χ2v) is 2.23. The van der Waals surface area contributed by atoms with Gasteiger partial charge in [0.1, 0.15) is 5.82 Å². The van der Waals surface area contributed by atoms with Crippen molar-refractivity contribution in [3.05, 3.63) is 17.9 Å². The first-order valence-electron chi connectivity index (χ1n) is 3.36. The molecule has 0 aliphatic heterocycles. The van der Waals surface area contributed by atoms with Crippen LogP contribution in [0.2, 0.25) is 0 Å². The van der Waals surface area contributed by atoms with Crippen LogP contribution < -0.4 is 15.2 Å². The van der Waals surface area contributed by atoms with Gasteiger partial charge in [0, 0.05) is 12.1 Å². The van der Waals surface area contributed by atoms with Gasteiger partial charge < -0.3 is 15.2 Å². The molecule has 1 rings (SSSR count). The Kier molecular flexibility index (Phi) is 2.38. The molecule has 3 nitrogen and oxygen atoms in total. The summed E-state index contributed by atoms with van der Waals surface area (Å²) in [6.07, 6.45) is 0. The summed E-state index contributed by atoms with van der Waals surface area (Å²) in [6, 6.07) is 2.40. The molecule has 4 heteroatoms. The monoisotopic (exact) mass is 171 g/mol. The summed E-state index contributed by atoms with van der Waals surface area (Å²) in [5, 5.41) is 0. The lowest BCUT2D eigenvalue weighted by Crippen LogP contribution is -1.97. The van der Waals surface area contributed by atoms with Crippen LogP contribution in [0.4, 0.5) is 10.1 Å². The van der Waals surface area contributed by atoms with Crippen molar-refractivity contribution in [3.63, 3.8) is 0 Å². The van der Waals surface area contributed by atoms with Gasteiger partial charge in [0.05, 0.1) is 19.9 Å². The summed E-state index contributed by atoms with van der Waals surface area (Å²) < 4.78 is 22.5. The Bertz CT molecular complexity index is 289. The lowest BCUT2D eigenvalue weighted by molar-refractivity contribution is 0.354. The summed E-state index contributed by atoms with van der Waals surface area (Å²) in [7, 11) is 2.88. The number of hydrogen-bond donors (Lipinski definition) is 1. The molecule has 1 aromatic rings. The number of halogens is 1. The van der Waals surface area contributed by atoms with E-state index in [-0.39, 0.29) is 5.69 Å². The van der Waals surface area contributed by atoms with Crippen LogP contribution in [-0.2, 0) is 0 Å². The van der Waals surface area contributed by atoms with Crippen molar-refractivity contribution >= 4 is 5.69 Å². The zero-order chi connectivity index (χ0) is 9.14. The highest BCUT2D eigenvalue weighted by atomic mass is 19.1. The van der Waals surface area contributed by atoms with Crippen LogP contribution >= 0.6 is 0 Å². The maximum atomic E-state index is 12.7. The van der Waals surface area contributed by atoms with Crippen LogP contribution in [0, 0.1) is 5.82 Å². The van der Waals surface area contributed by atoms with Gasteiger partial charge in [-0.3, -0.25) is 0 Å². The van der Waals surface area contributed by atoms with E-state index in [0.29, 0.717) is 11.5 Å². The molecule has 0 saturated carbocycles. The van der Waals surface area contributed by atoms with E-state index in [9.17, 15) is 4.39 Å². The van der Waals surface area contributed by atoms with Crippen LogP contribution in [0.25, 0.3) is 0 Å². The fourth-order valence-electron chi connectivity index (χ4n) is 0.959. The maximum Gasteiger partial charge on any atom is 0.183 e. The van der Waals surface area contributed by atoms with Gasteiger partial charge in [-0.25, -0.2) is 4.39 Å². The Labute approximate surface area is 69.9 Å². The molecule has 0 radical (unpaired) electrons. The van der Waals surface area contributed by atoms with Crippen molar-refractivity contribution < 1.29 is 13.9 Å². The minimum absolute atomic E-state index is 0.231. The van der Waals surface area contributed by atoms with Crippen LogP contribution in [0.3, 0.4) is 0 Å². The molecule has 0 saturated heterocycles. The van der Waals surface area contributed by atoms with E-state index in [0.717, 1.165) is 0 Å². The van der Waals surface area contributed by atoms with Crippen LogP contribution in [0.15, 0.2) is 12.1 Å². The molecule has 2 N–H and O–H groups in total. The highest BCUT2D eigenvalue weighted by Gasteiger charge is 2.09. The third-order valence-corrected chi connectivity index (χ3v) is 1.47. The number of anilines is 1. The first kappa shape index (κ1) is 8.64. The highest BCUT2D eigenvalue weighted by molar-refractivity contribution is 5.60. The molecule has 0 fully saturated rings. The first-order valence-corrected chi connectivity index (χ1v) is 3.36. The fraction of sp³-hybridized carbons (Fsp3) is 0.250. The SMILES string of the molecule is COc1cc(F)cc(N)c1OC. The zero-order valence-corrected chi connectivity index (χ0v) is 6.93. The van der Waals surface area contributed by atoms with E-state index in [4.69, 9.17) is 15.2 Å². The molecule has 66 valence electrons. The number of rotatable bonds is 2. The van der Waals surface area contributed by atoms with Gasteiger partial charge in [0.2, 0.25) is 0 Å². The maximum absolute atomic E-state index is 12.7. The van der Waals surface area contributed by atoms with Crippen molar-refractivity contribution in [2.24, 2.45) is 0 Å². The van der Waals surface area contributed by atoms with Crippen molar-refractivity contribution in [2.75, 3.05) is 20.0 Å². The lowest BCUT2D eigenvalue weighted by atomic mass is 10.2. The van der Waals surface area contributed by atoms with Crippen LogP contribution in [0.1, 0.15) is 0 Å². The molecule has 0 bridgehead atoms. The Morgan fingerprint density at radius 1 is 1.25 bits per heavy atom.